The molecule has 8 nitrogen and oxygen atoms in total. The van der Waals surface area contributed by atoms with Gasteiger partial charge in [0.15, 0.2) is 5.78 Å². The van der Waals surface area contributed by atoms with Gasteiger partial charge in [-0.3, -0.25) is 19.0 Å². The zero-order valence-corrected chi connectivity index (χ0v) is 33.9. The highest BCUT2D eigenvalue weighted by atomic mass is 79.9. The summed E-state index contributed by atoms with van der Waals surface area (Å²) in [4.78, 5) is 28.5. The minimum atomic E-state index is -4.02. The highest BCUT2D eigenvalue weighted by Gasteiger charge is 2.28. The van der Waals surface area contributed by atoms with Gasteiger partial charge in [0, 0.05) is 25.1 Å². The van der Waals surface area contributed by atoms with Crippen LogP contribution < -0.4 is 22.3 Å². The van der Waals surface area contributed by atoms with E-state index in [1.54, 1.807) is 12.1 Å². The van der Waals surface area contributed by atoms with Gasteiger partial charge >= 0.3 is 0 Å². The Morgan fingerprint density at radius 3 is 1.80 bits per heavy atom. The number of Topliss-reactive ketones (excluding diaryl/α,β-unsaturated/α-hetero) is 1. The Balaban J connectivity index is 0.000000883. The Kier molecular flexibility index (Phi) is 20.0. The normalized spacial score (nSPS) is 12.4. The van der Waals surface area contributed by atoms with Crippen molar-refractivity contribution in [3.05, 3.63) is 94.0 Å². The van der Waals surface area contributed by atoms with Crippen molar-refractivity contribution in [1.29, 1.82) is 0 Å². The molecule has 10 heteroatoms. The van der Waals surface area contributed by atoms with Gasteiger partial charge in [-0.25, -0.2) is 0 Å². The molecular weight excluding hydrogens is 714 g/mol. The number of ketones is 1. The van der Waals surface area contributed by atoms with Crippen LogP contribution in [0, 0.1) is 34.6 Å². The molecule has 50 heavy (non-hydrogen) atoms. The molecule has 0 aliphatic heterocycles. The maximum atomic E-state index is 13.3. The number of nitrogens with one attached hydrogen (secondary N) is 1. The molecule has 0 radical (unpaired) electrons. The Bertz CT molecular complexity index is 1570. The van der Waals surface area contributed by atoms with Gasteiger partial charge in [-0.2, -0.15) is 8.42 Å². The molecule has 0 aromatic heterocycles. The zero-order chi connectivity index (χ0) is 36.6. The molecule has 1 amide bonds. The molecular formula is C40H60BrN3O5S. The Morgan fingerprint density at radius 1 is 0.760 bits per heavy atom. The first-order valence-electron chi connectivity index (χ1n) is 17.7. The molecule has 0 spiro atoms. The van der Waals surface area contributed by atoms with E-state index in [0.29, 0.717) is 25.3 Å². The van der Waals surface area contributed by atoms with Gasteiger partial charge in [0.1, 0.15) is 6.54 Å². The first-order valence-corrected chi connectivity index (χ1v) is 19.1. The molecule has 0 fully saturated rings. The average Bonchev–Trinajstić information content (AvgIpc) is 3.03. The minimum Gasteiger partial charge on any atom is -1.00 e. The number of hydrogen-bond donors (Lipinski definition) is 2. The van der Waals surface area contributed by atoms with E-state index in [4.69, 9.17) is 4.55 Å². The number of para-hydroxylation sites is 1. The number of carbonyl (C=O) groups excluding carboxylic acids is 2. The number of benzene rings is 3. The predicted molar refractivity (Wildman–Crippen MR) is 202 cm³/mol. The van der Waals surface area contributed by atoms with Crippen molar-refractivity contribution in [2.24, 2.45) is 0 Å². The van der Waals surface area contributed by atoms with E-state index >= 15 is 0 Å². The molecule has 0 bridgehead atoms. The van der Waals surface area contributed by atoms with E-state index < -0.39 is 10.1 Å². The lowest BCUT2D eigenvalue weighted by atomic mass is 9.97. The van der Waals surface area contributed by atoms with Gasteiger partial charge in [-0.15, -0.1) is 0 Å². The lowest BCUT2D eigenvalue weighted by molar-refractivity contribution is -0.919. The second-order valence-corrected chi connectivity index (χ2v) is 14.9. The first kappa shape index (κ1) is 45.1. The molecule has 1 unspecified atom stereocenters. The standard InChI is InChI=1S/C33H51N3O2.C7H8O3S.BrH/c1-8-11-19-35(24-32(38)34-33-28(6)17-13-18-29(33)7)20-14-22-36(10-3,21-9-2)25-30(37)23-31-26(4)15-12-16-27(31)5;1-6-2-4-7(5-3-6)11(8,9)10;/h12-13,15-18H,8-11,14,19-25H2,1-7H3;2-5H,1H3,(H,8,9,10);1H. The summed E-state index contributed by atoms with van der Waals surface area (Å²) >= 11 is 0. The lowest BCUT2D eigenvalue weighted by Crippen LogP contribution is -3.00. The number of carbonyl (C=O) groups is 2. The third-order valence-corrected chi connectivity index (χ3v) is 10.1. The second kappa shape index (κ2) is 22.1. The van der Waals surface area contributed by atoms with Crippen molar-refractivity contribution in [3.8, 4) is 0 Å². The van der Waals surface area contributed by atoms with Crippen LogP contribution in [0.15, 0.2) is 65.6 Å². The van der Waals surface area contributed by atoms with Crippen LogP contribution in [-0.2, 0) is 26.1 Å². The van der Waals surface area contributed by atoms with Crippen molar-refractivity contribution >= 4 is 27.5 Å². The number of quaternary nitrogens is 1. The van der Waals surface area contributed by atoms with Crippen molar-refractivity contribution in [1.82, 2.24) is 4.90 Å². The van der Waals surface area contributed by atoms with Crippen molar-refractivity contribution in [3.63, 3.8) is 0 Å². The SMILES string of the molecule is CCCCN(CCC[N+](CC)(CCC)CC(=O)Cc1c(C)cccc1C)CC(=O)Nc1c(C)cccc1C.Cc1ccc(S(=O)(=O)O)cc1.[Br-]. The smallest absolute Gasteiger partial charge is 0.294 e. The molecule has 0 heterocycles. The number of anilines is 1. The fraction of sp³-hybridized carbons (Fsp3) is 0.500. The number of aryl methyl sites for hydroxylation is 5. The highest BCUT2D eigenvalue weighted by molar-refractivity contribution is 7.85. The quantitative estimate of drug-likeness (QED) is 0.144. The third kappa shape index (κ3) is 15.2. The highest BCUT2D eigenvalue weighted by Crippen LogP contribution is 2.20. The molecule has 3 rings (SSSR count). The first-order chi connectivity index (χ1) is 23.1. The number of halogens is 1. The Morgan fingerprint density at radius 2 is 1.30 bits per heavy atom. The summed E-state index contributed by atoms with van der Waals surface area (Å²) in [5, 5.41) is 3.15. The topological polar surface area (TPSA) is 104 Å². The van der Waals surface area contributed by atoms with E-state index in [-0.39, 0.29) is 27.8 Å². The summed E-state index contributed by atoms with van der Waals surface area (Å²) in [7, 11) is -4.02. The van der Waals surface area contributed by atoms with Gasteiger partial charge in [-0.05, 0) is 101 Å². The van der Waals surface area contributed by atoms with Crippen LogP contribution in [-0.4, -0.2) is 79.9 Å². The van der Waals surface area contributed by atoms with Crippen LogP contribution in [0.25, 0.3) is 0 Å². The average molecular weight is 775 g/mol. The van der Waals surface area contributed by atoms with Crippen molar-refractivity contribution in [2.75, 3.05) is 51.1 Å². The van der Waals surface area contributed by atoms with Crippen LogP contribution in [0.1, 0.15) is 79.8 Å². The zero-order valence-electron chi connectivity index (χ0n) is 31.5. The van der Waals surface area contributed by atoms with E-state index in [9.17, 15) is 18.0 Å². The maximum absolute atomic E-state index is 13.3. The summed E-state index contributed by atoms with van der Waals surface area (Å²) in [5.41, 5.74) is 7.66. The number of likely N-dealkylation sites (N-methyl/N-ethyl adjacent to an activating group) is 1. The van der Waals surface area contributed by atoms with E-state index in [0.717, 1.165) is 85.3 Å². The molecule has 1 atom stereocenters. The van der Waals surface area contributed by atoms with Gasteiger partial charge in [0.05, 0.1) is 31.1 Å². The van der Waals surface area contributed by atoms with Crippen LogP contribution in [0.2, 0.25) is 0 Å². The van der Waals surface area contributed by atoms with Crippen molar-refractivity contribution in [2.45, 2.75) is 92.4 Å². The van der Waals surface area contributed by atoms with Crippen LogP contribution in [0.5, 0.6) is 0 Å². The summed E-state index contributed by atoms with van der Waals surface area (Å²) in [5.74, 6) is 0.376. The minimum absolute atomic E-state index is 0. The van der Waals surface area contributed by atoms with Crippen LogP contribution in [0.3, 0.4) is 0 Å². The lowest BCUT2D eigenvalue weighted by Gasteiger charge is -2.38. The largest absolute Gasteiger partial charge is 1.00 e. The Labute approximate surface area is 312 Å². The van der Waals surface area contributed by atoms with E-state index in [1.807, 2.05) is 39.0 Å². The molecule has 0 saturated carbocycles. The van der Waals surface area contributed by atoms with Gasteiger partial charge in [-0.1, -0.05) is 74.4 Å². The molecule has 3 aromatic carbocycles. The molecule has 278 valence electrons. The van der Waals surface area contributed by atoms with Crippen LogP contribution in [0.4, 0.5) is 5.69 Å². The summed E-state index contributed by atoms with van der Waals surface area (Å²) in [6, 6.07) is 18.4. The maximum Gasteiger partial charge on any atom is 0.294 e. The van der Waals surface area contributed by atoms with Gasteiger partial charge in [0.2, 0.25) is 5.91 Å². The molecule has 2 N–H and O–H groups in total. The molecule has 0 aliphatic rings. The monoisotopic (exact) mass is 773 g/mol. The van der Waals surface area contributed by atoms with Crippen LogP contribution >= 0.6 is 0 Å². The fourth-order valence-electron chi connectivity index (χ4n) is 6.31. The van der Waals surface area contributed by atoms with E-state index in [2.05, 4.69) is 63.0 Å². The molecule has 3 aromatic rings. The van der Waals surface area contributed by atoms with Gasteiger partial charge < -0.3 is 26.8 Å². The molecule has 0 saturated heterocycles. The number of nitrogens with zero attached hydrogens (tertiary/aromatic N) is 2. The van der Waals surface area contributed by atoms with E-state index in [1.165, 1.54) is 28.8 Å². The van der Waals surface area contributed by atoms with Gasteiger partial charge in [0.25, 0.3) is 10.1 Å². The molecule has 0 aliphatic carbocycles. The third-order valence-electron chi connectivity index (χ3n) is 9.27. The second-order valence-electron chi connectivity index (χ2n) is 13.4. The number of rotatable bonds is 18. The summed E-state index contributed by atoms with van der Waals surface area (Å²) < 4.78 is 30.4. The number of amides is 1. The summed E-state index contributed by atoms with van der Waals surface area (Å²) in [6.45, 7) is 22.4. The van der Waals surface area contributed by atoms with Crippen molar-refractivity contribution < 1.29 is 44.0 Å². The predicted octanol–water partition coefficient (Wildman–Crippen LogP) is 4.66. The summed E-state index contributed by atoms with van der Waals surface area (Å²) in [6.07, 6.45) is 4.73. The Hall–Kier alpha value is -2.89. The number of unbranched alkanes of at least 4 members (excludes halogenated alkanes) is 1. The number of hydrogen-bond acceptors (Lipinski definition) is 5. The fourth-order valence-corrected chi connectivity index (χ4v) is 6.79.